The highest BCUT2D eigenvalue weighted by Crippen LogP contribution is 2.33. The average Bonchev–Trinajstić information content (AvgIpc) is 3.12. The minimum absolute atomic E-state index is 0.136. The number of carbonyl (C=O) groups is 1. The third kappa shape index (κ3) is 3.78. The van der Waals surface area contributed by atoms with E-state index in [2.05, 4.69) is 32.5 Å². The number of rotatable bonds is 4. The SMILES string of the molecule is CC#CN1c2c(nc(Oc3ccc(C(=O)O)cc3F)n(C)c2=O)NC1N1CCNCC1. The molecule has 1 saturated heterocycles. The van der Waals surface area contributed by atoms with Crippen LogP contribution in [0.5, 0.6) is 11.8 Å². The van der Waals surface area contributed by atoms with Crippen LogP contribution in [0.1, 0.15) is 17.3 Å². The Balaban J connectivity index is 1.70. The molecular weight excluding hydrogens is 407 g/mol. The zero-order chi connectivity index (χ0) is 22.1. The van der Waals surface area contributed by atoms with E-state index in [-0.39, 0.29) is 35.1 Å². The van der Waals surface area contributed by atoms with Crippen molar-refractivity contribution >= 4 is 17.5 Å². The summed E-state index contributed by atoms with van der Waals surface area (Å²) in [4.78, 5) is 32.3. The van der Waals surface area contributed by atoms with E-state index < -0.39 is 17.3 Å². The highest BCUT2D eigenvalue weighted by molar-refractivity contribution is 5.87. The van der Waals surface area contributed by atoms with Crippen LogP contribution in [0.25, 0.3) is 0 Å². The van der Waals surface area contributed by atoms with E-state index in [0.29, 0.717) is 0 Å². The molecule has 1 fully saturated rings. The first kappa shape index (κ1) is 20.6. The molecule has 2 aromatic rings. The van der Waals surface area contributed by atoms with Crippen molar-refractivity contribution in [3.63, 3.8) is 0 Å². The van der Waals surface area contributed by atoms with Gasteiger partial charge in [-0.25, -0.2) is 9.18 Å². The highest BCUT2D eigenvalue weighted by Gasteiger charge is 2.37. The van der Waals surface area contributed by atoms with E-state index in [9.17, 15) is 14.0 Å². The Morgan fingerprint density at radius 1 is 1.35 bits per heavy atom. The monoisotopic (exact) mass is 428 g/mol. The summed E-state index contributed by atoms with van der Waals surface area (Å²) < 4.78 is 21.0. The first-order valence-corrected chi connectivity index (χ1v) is 9.65. The summed E-state index contributed by atoms with van der Waals surface area (Å²) in [5, 5.41) is 15.5. The molecule has 2 aliphatic heterocycles. The zero-order valence-corrected chi connectivity index (χ0v) is 17.0. The van der Waals surface area contributed by atoms with Gasteiger partial charge in [0.2, 0.25) is 0 Å². The summed E-state index contributed by atoms with van der Waals surface area (Å²) in [6.45, 7) is 4.84. The van der Waals surface area contributed by atoms with Crippen molar-refractivity contribution in [1.82, 2.24) is 19.8 Å². The molecule has 3 N–H and O–H groups in total. The summed E-state index contributed by atoms with van der Waals surface area (Å²) in [6.07, 6.45) is -0.369. The standard InChI is InChI=1S/C20H21FN6O4/c1-3-8-27-15-16(23-19(27)26-9-6-22-7-10-26)24-20(25(2)17(15)28)31-14-5-4-12(18(29)30)11-13(14)21/h4-5,11,19,22-23H,6-7,9-10H2,1-2H3,(H,29,30). The van der Waals surface area contributed by atoms with E-state index in [1.54, 1.807) is 11.8 Å². The van der Waals surface area contributed by atoms with Gasteiger partial charge in [-0.1, -0.05) is 5.92 Å². The predicted molar refractivity (Wildman–Crippen MR) is 111 cm³/mol. The van der Waals surface area contributed by atoms with Crippen LogP contribution in [0.3, 0.4) is 0 Å². The molecule has 4 rings (SSSR count). The van der Waals surface area contributed by atoms with E-state index in [1.165, 1.54) is 19.2 Å². The lowest BCUT2D eigenvalue weighted by Crippen LogP contribution is -2.55. The lowest BCUT2D eigenvalue weighted by molar-refractivity contribution is 0.0696. The number of benzene rings is 1. The molecular formula is C20H21FN6O4. The number of aromatic carboxylic acids is 1. The lowest BCUT2D eigenvalue weighted by atomic mass is 10.2. The van der Waals surface area contributed by atoms with Gasteiger partial charge in [0.25, 0.3) is 5.56 Å². The number of aromatic nitrogens is 2. The predicted octanol–water partition coefficient (Wildman–Crippen LogP) is 0.811. The van der Waals surface area contributed by atoms with Crippen molar-refractivity contribution in [2.24, 2.45) is 7.05 Å². The van der Waals surface area contributed by atoms with Crippen LogP contribution in [-0.4, -0.2) is 58.0 Å². The minimum Gasteiger partial charge on any atom is -0.478 e. The molecule has 11 heteroatoms. The first-order valence-electron chi connectivity index (χ1n) is 9.65. The maximum Gasteiger partial charge on any atom is 0.335 e. The minimum atomic E-state index is -1.26. The molecule has 31 heavy (non-hydrogen) atoms. The normalized spacial score (nSPS) is 18.0. The van der Waals surface area contributed by atoms with Crippen molar-refractivity contribution in [1.29, 1.82) is 0 Å². The molecule has 1 unspecified atom stereocenters. The van der Waals surface area contributed by atoms with Crippen LogP contribution < -0.4 is 25.8 Å². The van der Waals surface area contributed by atoms with Gasteiger partial charge in [0.15, 0.2) is 29.4 Å². The van der Waals surface area contributed by atoms with Crippen LogP contribution in [0.15, 0.2) is 23.0 Å². The fourth-order valence-corrected chi connectivity index (χ4v) is 3.52. The second-order valence-corrected chi connectivity index (χ2v) is 7.04. The number of nitrogens with one attached hydrogen (secondary N) is 2. The van der Waals surface area contributed by atoms with Crippen LogP contribution >= 0.6 is 0 Å². The maximum atomic E-state index is 14.3. The third-order valence-corrected chi connectivity index (χ3v) is 5.09. The molecule has 10 nitrogen and oxygen atoms in total. The molecule has 0 bridgehead atoms. The number of carboxylic acids is 1. The Morgan fingerprint density at radius 3 is 2.74 bits per heavy atom. The summed E-state index contributed by atoms with van der Waals surface area (Å²) in [5.41, 5.74) is -0.333. The number of ether oxygens (including phenoxy) is 1. The molecule has 0 spiro atoms. The Morgan fingerprint density at radius 2 is 2.10 bits per heavy atom. The number of hydrogen-bond acceptors (Lipinski definition) is 8. The van der Waals surface area contributed by atoms with Gasteiger partial charge >= 0.3 is 12.0 Å². The Kier molecular flexibility index (Phi) is 5.50. The van der Waals surface area contributed by atoms with Gasteiger partial charge in [0.1, 0.15) is 0 Å². The number of anilines is 2. The molecule has 1 atom stereocenters. The summed E-state index contributed by atoms with van der Waals surface area (Å²) in [5.74, 6) is 0.743. The molecule has 0 radical (unpaired) electrons. The van der Waals surface area contributed by atoms with Gasteiger partial charge < -0.3 is 20.5 Å². The maximum absolute atomic E-state index is 14.3. The van der Waals surface area contributed by atoms with Gasteiger partial charge in [-0.2, -0.15) is 4.98 Å². The Labute approximate surface area is 177 Å². The molecule has 0 saturated carbocycles. The van der Waals surface area contributed by atoms with Crippen molar-refractivity contribution in [3.05, 3.63) is 39.9 Å². The number of piperazine rings is 1. The Hall–Kier alpha value is -3.62. The van der Waals surface area contributed by atoms with Gasteiger partial charge in [0, 0.05) is 39.3 Å². The zero-order valence-electron chi connectivity index (χ0n) is 17.0. The number of hydrogen-bond donors (Lipinski definition) is 3. The number of fused-ring (bicyclic) bond motifs is 1. The summed E-state index contributed by atoms with van der Waals surface area (Å²) >= 11 is 0. The second-order valence-electron chi connectivity index (χ2n) is 7.04. The largest absolute Gasteiger partial charge is 0.478 e. The van der Waals surface area contributed by atoms with E-state index in [1.807, 2.05) is 0 Å². The summed E-state index contributed by atoms with van der Waals surface area (Å²) in [7, 11) is 1.46. The van der Waals surface area contributed by atoms with Crippen molar-refractivity contribution < 1.29 is 19.0 Å². The lowest BCUT2D eigenvalue weighted by Gasteiger charge is -2.35. The summed E-state index contributed by atoms with van der Waals surface area (Å²) in [6, 6.07) is 6.07. The van der Waals surface area contributed by atoms with E-state index in [4.69, 9.17) is 9.84 Å². The van der Waals surface area contributed by atoms with Gasteiger partial charge in [-0.05, 0) is 25.1 Å². The number of halogens is 1. The van der Waals surface area contributed by atoms with Crippen LogP contribution in [0.2, 0.25) is 0 Å². The molecule has 1 aromatic carbocycles. The molecule has 0 amide bonds. The topological polar surface area (TPSA) is 112 Å². The van der Waals surface area contributed by atoms with Crippen molar-refractivity contribution in [2.75, 3.05) is 36.4 Å². The highest BCUT2D eigenvalue weighted by atomic mass is 19.1. The molecule has 1 aromatic heterocycles. The molecule has 3 heterocycles. The molecule has 162 valence electrons. The Bertz CT molecular complexity index is 1150. The fraction of sp³-hybridized carbons (Fsp3) is 0.350. The smallest absolute Gasteiger partial charge is 0.335 e. The number of nitrogens with zero attached hydrogens (tertiary/aromatic N) is 4. The van der Waals surface area contributed by atoms with Crippen molar-refractivity contribution in [2.45, 2.75) is 13.2 Å². The fourth-order valence-electron chi connectivity index (χ4n) is 3.52. The first-order chi connectivity index (χ1) is 14.9. The van der Waals surface area contributed by atoms with Crippen LogP contribution in [-0.2, 0) is 7.05 Å². The average molecular weight is 428 g/mol. The quantitative estimate of drug-likeness (QED) is 0.609. The molecule has 2 aliphatic rings. The second kappa shape index (κ2) is 8.25. The third-order valence-electron chi connectivity index (χ3n) is 5.09. The molecule has 0 aliphatic carbocycles. The van der Waals surface area contributed by atoms with Gasteiger partial charge in [-0.3, -0.25) is 19.2 Å². The van der Waals surface area contributed by atoms with E-state index >= 15 is 0 Å². The van der Waals surface area contributed by atoms with E-state index in [0.717, 1.165) is 36.8 Å². The van der Waals surface area contributed by atoms with Gasteiger partial charge in [-0.15, -0.1) is 0 Å². The van der Waals surface area contributed by atoms with Crippen LogP contribution in [0.4, 0.5) is 15.9 Å². The van der Waals surface area contributed by atoms with Gasteiger partial charge in [0.05, 0.1) is 5.56 Å². The van der Waals surface area contributed by atoms with Crippen molar-refractivity contribution in [3.8, 4) is 23.7 Å². The van der Waals surface area contributed by atoms with Crippen LogP contribution in [0, 0.1) is 17.8 Å². The number of carboxylic acid groups (broad SMARTS) is 1.